The van der Waals surface area contributed by atoms with Gasteiger partial charge in [-0.3, -0.25) is 4.79 Å². The van der Waals surface area contributed by atoms with E-state index in [0.717, 1.165) is 31.2 Å². The molecular weight excluding hydrogens is 274 g/mol. The second kappa shape index (κ2) is 7.75. The highest BCUT2D eigenvalue weighted by Gasteiger charge is 2.24. The number of carbonyl (C=O) groups excluding carboxylic acids is 1. The Labute approximate surface area is 133 Å². The van der Waals surface area contributed by atoms with Gasteiger partial charge in [-0.05, 0) is 63.4 Å². The second-order valence-corrected chi connectivity index (χ2v) is 6.63. The number of rotatable bonds is 7. The standard InChI is InChI=1S/C18H27N3O/c22-18(20-17-4-2-1-3-5-17)10-13-21-11-8-16(9-12-21)19-14-15-6-7-15/h1-5,15-16,19H,6-14H2,(H,20,22). The first-order valence-corrected chi connectivity index (χ1v) is 8.60. The van der Waals surface area contributed by atoms with Crippen LogP contribution in [0.15, 0.2) is 30.3 Å². The molecule has 22 heavy (non-hydrogen) atoms. The fraction of sp³-hybridized carbons (Fsp3) is 0.611. The summed E-state index contributed by atoms with van der Waals surface area (Å²) >= 11 is 0. The van der Waals surface area contributed by atoms with E-state index in [2.05, 4.69) is 15.5 Å². The summed E-state index contributed by atoms with van der Waals surface area (Å²) in [5, 5.41) is 6.65. The molecule has 0 radical (unpaired) electrons. The number of hydrogen-bond acceptors (Lipinski definition) is 3. The Balaban J connectivity index is 1.30. The van der Waals surface area contributed by atoms with Crippen LogP contribution in [-0.2, 0) is 4.79 Å². The molecule has 0 atom stereocenters. The number of para-hydroxylation sites is 1. The minimum atomic E-state index is 0.111. The molecule has 1 saturated carbocycles. The van der Waals surface area contributed by atoms with E-state index in [4.69, 9.17) is 0 Å². The van der Waals surface area contributed by atoms with E-state index in [1.165, 1.54) is 32.2 Å². The lowest BCUT2D eigenvalue weighted by Crippen LogP contribution is -2.43. The minimum absolute atomic E-state index is 0.111. The first kappa shape index (κ1) is 15.5. The summed E-state index contributed by atoms with van der Waals surface area (Å²) in [5.41, 5.74) is 0.885. The zero-order chi connectivity index (χ0) is 15.2. The Morgan fingerprint density at radius 2 is 1.82 bits per heavy atom. The molecule has 2 fully saturated rings. The molecule has 1 saturated heterocycles. The van der Waals surface area contributed by atoms with Crippen molar-refractivity contribution in [1.29, 1.82) is 0 Å². The number of carbonyl (C=O) groups is 1. The van der Waals surface area contributed by atoms with Crippen molar-refractivity contribution in [2.75, 3.05) is 31.5 Å². The lowest BCUT2D eigenvalue weighted by molar-refractivity contribution is -0.116. The van der Waals surface area contributed by atoms with E-state index in [-0.39, 0.29) is 5.91 Å². The summed E-state index contributed by atoms with van der Waals surface area (Å²) < 4.78 is 0. The zero-order valence-corrected chi connectivity index (χ0v) is 13.3. The fourth-order valence-corrected chi connectivity index (χ4v) is 3.02. The van der Waals surface area contributed by atoms with Crippen LogP contribution < -0.4 is 10.6 Å². The monoisotopic (exact) mass is 301 g/mol. The highest BCUT2D eigenvalue weighted by atomic mass is 16.1. The average molecular weight is 301 g/mol. The summed E-state index contributed by atoms with van der Waals surface area (Å²) in [6, 6.07) is 10.4. The zero-order valence-electron chi connectivity index (χ0n) is 13.3. The summed E-state index contributed by atoms with van der Waals surface area (Å²) in [5.74, 6) is 1.07. The number of hydrogen-bond donors (Lipinski definition) is 2. The maximum atomic E-state index is 12.0. The molecule has 1 aromatic rings. The van der Waals surface area contributed by atoms with E-state index in [9.17, 15) is 4.79 Å². The van der Waals surface area contributed by atoms with Gasteiger partial charge in [0.1, 0.15) is 0 Å². The van der Waals surface area contributed by atoms with Crippen molar-refractivity contribution in [3.63, 3.8) is 0 Å². The molecule has 1 aromatic carbocycles. The van der Waals surface area contributed by atoms with Gasteiger partial charge in [-0.2, -0.15) is 0 Å². The Kier molecular flexibility index (Phi) is 5.46. The van der Waals surface area contributed by atoms with Crippen molar-refractivity contribution in [2.24, 2.45) is 5.92 Å². The molecule has 3 rings (SSSR count). The molecule has 1 heterocycles. The van der Waals surface area contributed by atoms with Crippen LogP contribution in [0.4, 0.5) is 5.69 Å². The first-order chi connectivity index (χ1) is 10.8. The van der Waals surface area contributed by atoms with Crippen molar-refractivity contribution in [3.05, 3.63) is 30.3 Å². The third-order valence-corrected chi connectivity index (χ3v) is 4.69. The average Bonchev–Trinajstić information content (AvgIpc) is 3.37. The molecule has 1 aliphatic carbocycles. The summed E-state index contributed by atoms with van der Waals surface area (Å²) in [6.45, 7) is 4.31. The van der Waals surface area contributed by atoms with E-state index >= 15 is 0 Å². The number of nitrogens with zero attached hydrogens (tertiary/aromatic N) is 1. The summed E-state index contributed by atoms with van der Waals surface area (Å²) in [7, 11) is 0. The Morgan fingerprint density at radius 1 is 1.09 bits per heavy atom. The van der Waals surface area contributed by atoms with Gasteiger partial charge in [-0.25, -0.2) is 0 Å². The number of amides is 1. The van der Waals surface area contributed by atoms with Gasteiger partial charge in [-0.15, -0.1) is 0 Å². The van der Waals surface area contributed by atoms with Crippen molar-refractivity contribution >= 4 is 11.6 Å². The van der Waals surface area contributed by atoms with Gasteiger partial charge in [0, 0.05) is 24.7 Å². The number of likely N-dealkylation sites (tertiary alicyclic amines) is 1. The molecule has 2 N–H and O–H groups in total. The van der Waals surface area contributed by atoms with E-state index in [1.54, 1.807) is 0 Å². The topological polar surface area (TPSA) is 44.4 Å². The van der Waals surface area contributed by atoms with Crippen LogP contribution in [0.1, 0.15) is 32.1 Å². The van der Waals surface area contributed by atoms with Gasteiger partial charge in [0.25, 0.3) is 0 Å². The van der Waals surface area contributed by atoms with Crippen molar-refractivity contribution in [1.82, 2.24) is 10.2 Å². The van der Waals surface area contributed by atoms with Crippen molar-refractivity contribution in [3.8, 4) is 0 Å². The van der Waals surface area contributed by atoms with Crippen LogP contribution in [0.3, 0.4) is 0 Å². The third-order valence-electron chi connectivity index (χ3n) is 4.69. The number of anilines is 1. The Bertz CT molecular complexity index is 464. The van der Waals surface area contributed by atoms with Crippen LogP contribution in [0.2, 0.25) is 0 Å². The summed E-state index contributed by atoms with van der Waals surface area (Å²) in [6.07, 6.45) is 5.85. The molecule has 120 valence electrons. The van der Waals surface area contributed by atoms with Crippen LogP contribution in [-0.4, -0.2) is 43.0 Å². The highest BCUT2D eigenvalue weighted by Crippen LogP contribution is 2.28. The maximum absolute atomic E-state index is 12.0. The SMILES string of the molecule is O=C(CCN1CCC(NCC2CC2)CC1)Nc1ccccc1. The molecule has 1 aliphatic heterocycles. The highest BCUT2D eigenvalue weighted by molar-refractivity contribution is 5.90. The van der Waals surface area contributed by atoms with Crippen LogP contribution in [0, 0.1) is 5.92 Å². The smallest absolute Gasteiger partial charge is 0.225 e. The minimum Gasteiger partial charge on any atom is -0.326 e. The molecule has 0 bridgehead atoms. The number of benzene rings is 1. The first-order valence-electron chi connectivity index (χ1n) is 8.60. The summed E-state index contributed by atoms with van der Waals surface area (Å²) in [4.78, 5) is 14.4. The predicted molar refractivity (Wildman–Crippen MR) is 89.9 cm³/mol. The molecular formula is C18H27N3O. The number of nitrogens with one attached hydrogen (secondary N) is 2. The van der Waals surface area contributed by atoms with E-state index in [0.29, 0.717) is 12.5 Å². The van der Waals surface area contributed by atoms with E-state index in [1.807, 2.05) is 30.3 Å². The normalized spacial score (nSPS) is 20.0. The van der Waals surface area contributed by atoms with Gasteiger partial charge >= 0.3 is 0 Å². The van der Waals surface area contributed by atoms with Gasteiger partial charge in [-0.1, -0.05) is 18.2 Å². The van der Waals surface area contributed by atoms with Gasteiger partial charge < -0.3 is 15.5 Å². The quantitative estimate of drug-likeness (QED) is 0.813. The van der Waals surface area contributed by atoms with Crippen LogP contribution in [0.25, 0.3) is 0 Å². The van der Waals surface area contributed by atoms with Crippen LogP contribution in [0.5, 0.6) is 0 Å². The van der Waals surface area contributed by atoms with Crippen LogP contribution >= 0.6 is 0 Å². The van der Waals surface area contributed by atoms with E-state index < -0.39 is 0 Å². The Morgan fingerprint density at radius 3 is 2.50 bits per heavy atom. The van der Waals surface area contributed by atoms with Gasteiger partial charge in [0.2, 0.25) is 5.91 Å². The maximum Gasteiger partial charge on any atom is 0.225 e. The number of piperidine rings is 1. The molecule has 4 nitrogen and oxygen atoms in total. The second-order valence-electron chi connectivity index (χ2n) is 6.63. The third kappa shape index (κ3) is 5.11. The largest absolute Gasteiger partial charge is 0.326 e. The fourth-order valence-electron chi connectivity index (χ4n) is 3.02. The molecule has 0 unspecified atom stereocenters. The molecule has 4 heteroatoms. The molecule has 1 amide bonds. The van der Waals surface area contributed by atoms with Crippen molar-refractivity contribution in [2.45, 2.75) is 38.1 Å². The lowest BCUT2D eigenvalue weighted by atomic mass is 10.0. The lowest BCUT2D eigenvalue weighted by Gasteiger charge is -2.32. The predicted octanol–water partition coefficient (Wildman–Crippen LogP) is 2.48. The van der Waals surface area contributed by atoms with Gasteiger partial charge in [0.15, 0.2) is 0 Å². The molecule has 0 spiro atoms. The molecule has 2 aliphatic rings. The Hall–Kier alpha value is -1.39. The van der Waals surface area contributed by atoms with Crippen molar-refractivity contribution < 1.29 is 4.79 Å². The van der Waals surface area contributed by atoms with Gasteiger partial charge in [0.05, 0.1) is 0 Å². The molecule has 0 aromatic heterocycles.